The molecule has 2 aromatic carbocycles. The van der Waals surface area contributed by atoms with Crippen LogP contribution in [0.15, 0.2) is 85.2 Å². The topological polar surface area (TPSA) is 101 Å². The van der Waals surface area contributed by atoms with E-state index in [4.69, 9.17) is 10.8 Å². The zero-order valence-electron chi connectivity index (χ0n) is 17.1. The molecule has 2 aromatic heterocycles. The molecule has 4 rings (SSSR count). The molecule has 0 aliphatic carbocycles. The average molecular weight is 412 g/mol. The Kier molecular flexibility index (Phi) is 6.67. The number of rotatable bonds is 9. The number of nitrogen functional groups attached to an aromatic ring is 1. The number of pyridine rings is 1. The number of anilines is 4. The van der Waals surface area contributed by atoms with Crippen LogP contribution in [0.5, 0.6) is 0 Å². The van der Waals surface area contributed by atoms with E-state index in [9.17, 15) is 0 Å². The highest BCUT2D eigenvalue weighted by Gasteiger charge is 2.15. The number of nitrogens with two attached hydrogens (primary N) is 1. The molecule has 0 radical (unpaired) electrons. The Labute approximate surface area is 181 Å². The summed E-state index contributed by atoms with van der Waals surface area (Å²) in [7, 11) is 0. The summed E-state index contributed by atoms with van der Waals surface area (Å²) in [4.78, 5) is 13.4. The predicted molar refractivity (Wildman–Crippen MR) is 125 cm³/mol. The Hall–Kier alpha value is -3.97. The van der Waals surface area contributed by atoms with Gasteiger partial charge in [-0.3, -0.25) is 4.98 Å². The van der Waals surface area contributed by atoms with Crippen molar-refractivity contribution in [3.63, 3.8) is 0 Å². The van der Waals surface area contributed by atoms with E-state index in [1.807, 2.05) is 60.7 Å². The Morgan fingerprint density at radius 2 is 1.42 bits per heavy atom. The van der Waals surface area contributed by atoms with Gasteiger partial charge in [-0.05, 0) is 41.8 Å². The van der Waals surface area contributed by atoms with Gasteiger partial charge >= 0.3 is 0 Å². The van der Waals surface area contributed by atoms with E-state index in [0.29, 0.717) is 18.2 Å². The molecule has 0 fully saturated rings. The molecule has 0 saturated heterocycles. The second-order valence-electron chi connectivity index (χ2n) is 7.05. The zero-order valence-corrected chi connectivity index (χ0v) is 17.1. The number of para-hydroxylation sites is 1. The summed E-state index contributed by atoms with van der Waals surface area (Å²) < 4.78 is 0. The average Bonchev–Trinajstić information content (AvgIpc) is 2.82. The molecule has 0 atom stereocenters. The third-order valence-electron chi connectivity index (χ3n) is 4.85. The summed E-state index contributed by atoms with van der Waals surface area (Å²) in [5.41, 5.74) is 6.94. The van der Waals surface area contributed by atoms with Crippen LogP contribution in [0.25, 0.3) is 0 Å². The summed E-state index contributed by atoms with van der Waals surface area (Å²) in [6.45, 7) is 0.720. The molecule has 0 bridgehead atoms. The summed E-state index contributed by atoms with van der Waals surface area (Å²) in [6, 6.07) is 24.1. The van der Waals surface area contributed by atoms with Crippen molar-refractivity contribution in [1.29, 1.82) is 0 Å². The van der Waals surface area contributed by atoms with Gasteiger partial charge in [0.1, 0.15) is 5.82 Å². The van der Waals surface area contributed by atoms with Crippen LogP contribution >= 0.6 is 0 Å². The van der Waals surface area contributed by atoms with Crippen molar-refractivity contribution in [2.75, 3.05) is 22.6 Å². The van der Waals surface area contributed by atoms with Crippen LogP contribution in [0, 0.1) is 0 Å². The van der Waals surface area contributed by atoms with Crippen molar-refractivity contribution in [1.82, 2.24) is 15.0 Å². The lowest BCUT2D eigenvalue weighted by Gasteiger charge is -2.17. The molecule has 7 nitrogen and oxygen atoms in total. The van der Waals surface area contributed by atoms with E-state index in [-0.39, 0.29) is 0 Å². The molecular formula is C24H25N7. The molecule has 4 aromatic rings. The highest BCUT2D eigenvalue weighted by Crippen LogP contribution is 2.27. The van der Waals surface area contributed by atoms with Gasteiger partial charge in [-0.2, -0.15) is 9.97 Å². The molecule has 0 aliphatic rings. The normalized spacial score (nSPS) is 10.5. The molecule has 0 unspecified atom stereocenters. The van der Waals surface area contributed by atoms with E-state index in [1.54, 1.807) is 12.4 Å². The molecule has 7 heteroatoms. The highest BCUT2D eigenvalue weighted by atomic mass is 15.3. The number of nitrogens with zero attached hydrogens (tertiary/aromatic N) is 3. The first kappa shape index (κ1) is 20.3. The maximum atomic E-state index is 5.85. The summed E-state index contributed by atoms with van der Waals surface area (Å²) in [6.07, 6.45) is 5.12. The molecule has 0 spiro atoms. The Bertz CT molecular complexity index is 1090. The third-order valence-corrected chi connectivity index (χ3v) is 4.85. The predicted octanol–water partition coefficient (Wildman–Crippen LogP) is 4.15. The van der Waals surface area contributed by atoms with Crippen LogP contribution in [-0.4, -0.2) is 21.5 Å². The molecule has 31 heavy (non-hydrogen) atoms. The van der Waals surface area contributed by atoms with Gasteiger partial charge in [0.15, 0.2) is 5.82 Å². The van der Waals surface area contributed by atoms with Gasteiger partial charge in [0, 0.05) is 36.6 Å². The van der Waals surface area contributed by atoms with Gasteiger partial charge in [-0.15, -0.1) is 0 Å². The van der Waals surface area contributed by atoms with Crippen LogP contribution in [0.1, 0.15) is 16.7 Å². The highest BCUT2D eigenvalue weighted by molar-refractivity contribution is 5.64. The minimum Gasteiger partial charge on any atom is -0.369 e. The molecule has 0 aliphatic heterocycles. The fraction of sp³-hybridized carbons (Fsp3) is 0.125. The number of nitrogens with one attached hydrogen (secondary N) is 3. The zero-order chi connectivity index (χ0) is 21.3. The molecule has 5 N–H and O–H groups in total. The fourth-order valence-corrected chi connectivity index (χ4v) is 3.30. The standard InChI is InChI=1S/C24H25N7/c25-31-23-21(17-19-7-3-1-4-8-19)22(27-16-13-18-11-14-26-15-12-18)29-24(30-23)28-20-9-5-2-6-10-20/h1-12,14-15H,13,16-17,25H2,(H3,27,28,29,30,31). The molecule has 156 valence electrons. The van der Waals surface area contributed by atoms with Gasteiger partial charge in [-0.25, -0.2) is 5.84 Å². The van der Waals surface area contributed by atoms with Crippen molar-refractivity contribution in [2.45, 2.75) is 12.8 Å². The minimum absolute atomic E-state index is 0.474. The molecule has 2 heterocycles. The van der Waals surface area contributed by atoms with Crippen LogP contribution in [-0.2, 0) is 12.8 Å². The largest absolute Gasteiger partial charge is 0.369 e. The van der Waals surface area contributed by atoms with Crippen molar-refractivity contribution in [3.8, 4) is 0 Å². The summed E-state index contributed by atoms with van der Waals surface area (Å²) in [5, 5.41) is 6.73. The lowest BCUT2D eigenvalue weighted by molar-refractivity contribution is 0.977. The van der Waals surface area contributed by atoms with Crippen molar-refractivity contribution < 1.29 is 0 Å². The maximum Gasteiger partial charge on any atom is 0.231 e. The van der Waals surface area contributed by atoms with Crippen LogP contribution in [0.3, 0.4) is 0 Å². The Morgan fingerprint density at radius 1 is 0.742 bits per heavy atom. The van der Waals surface area contributed by atoms with Crippen LogP contribution in [0.2, 0.25) is 0 Å². The second kappa shape index (κ2) is 10.2. The number of hydrogen-bond donors (Lipinski definition) is 4. The quantitative estimate of drug-likeness (QED) is 0.242. The van der Waals surface area contributed by atoms with Gasteiger partial charge in [-0.1, -0.05) is 48.5 Å². The van der Waals surface area contributed by atoms with Crippen molar-refractivity contribution >= 4 is 23.3 Å². The van der Waals surface area contributed by atoms with E-state index < -0.39 is 0 Å². The maximum absolute atomic E-state index is 5.85. The Balaban J connectivity index is 1.62. The fourth-order valence-electron chi connectivity index (χ4n) is 3.30. The van der Waals surface area contributed by atoms with Crippen LogP contribution < -0.4 is 21.9 Å². The smallest absolute Gasteiger partial charge is 0.231 e. The number of hydrazine groups is 1. The Morgan fingerprint density at radius 3 is 2.13 bits per heavy atom. The number of hydrogen-bond acceptors (Lipinski definition) is 7. The van der Waals surface area contributed by atoms with Crippen molar-refractivity contribution in [2.24, 2.45) is 5.84 Å². The number of aromatic nitrogens is 3. The number of benzene rings is 2. The first-order valence-electron chi connectivity index (χ1n) is 10.2. The van der Waals surface area contributed by atoms with Gasteiger partial charge in [0.2, 0.25) is 5.95 Å². The van der Waals surface area contributed by atoms with Crippen LogP contribution in [0.4, 0.5) is 23.3 Å². The lowest BCUT2D eigenvalue weighted by atomic mass is 10.1. The van der Waals surface area contributed by atoms with E-state index in [0.717, 1.165) is 35.6 Å². The van der Waals surface area contributed by atoms with Gasteiger partial charge in [0.05, 0.1) is 0 Å². The second-order valence-corrected chi connectivity index (χ2v) is 7.05. The van der Waals surface area contributed by atoms with Gasteiger partial charge < -0.3 is 16.1 Å². The summed E-state index contributed by atoms with van der Waals surface area (Å²) >= 11 is 0. The molecule has 0 saturated carbocycles. The van der Waals surface area contributed by atoms with Crippen molar-refractivity contribution in [3.05, 3.63) is 102 Å². The first-order chi connectivity index (χ1) is 15.3. The monoisotopic (exact) mass is 411 g/mol. The van der Waals surface area contributed by atoms with Gasteiger partial charge in [0.25, 0.3) is 0 Å². The first-order valence-corrected chi connectivity index (χ1v) is 10.2. The SMILES string of the molecule is NNc1nc(Nc2ccccc2)nc(NCCc2ccncc2)c1Cc1ccccc1. The van der Waals surface area contributed by atoms with E-state index >= 15 is 0 Å². The molecular weight excluding hydrogens is 386 g/mol. The summed E-state index contributed by atoms with van der Waals surface area (Å²) in [5.74, 6) is 7.66. The van der Waals surface area contributed by atoms with E-state index in [2.05, 4.69) is 38.2 Å². The van der Waals surface area contributed by atoms with E-state index in [1.165, 1.54) is 5.56 Å². The third kappa shape index (κ3) is 5.55. The molecule has 0 amide bonds. The lowest BCUT2D eigenvalue weighted by Crippen LogP contribution is -2.17. The minimum atomic E-state index is 0.474.